The zero-order valence-corrected chi connectivity index (χ0v) is 12.7. The first-order chi connectivity index (χ1) is 11.7. The molecule has 5 aromatic rings. The van der Waals surface area contributed by atoms with E-state index in [0.29, 0.717) is 11.0 Å². The van der Waals surface area contributed by atoms with Gasteiger partial charge in [-0.1, -0.05) is 54.6 Å². The summed E-state index contributed by atoms with van der Waals surface area (Å²) in [6.07, 6.45) is 0. The molecule has 4 heteroatoms. The highest BCUT2D eigenvalue weighted by Gasteiger charge is 2.20. The molecule has 3 nitrogen and oxygen atoms in total. The van der Waals surface area contributed by atoms with Crippen LogP contribution in [0.1, 0.15) is 0 Å². The lowest BCUT2D eigenvalue weighted by molar-refractivity contribution is 0.426. The lowest BCUT2D eigenvalue weighted by Crippen LogP contribution is -2.30. The molecule has 0 saturated heterocycles. The zero-order chi connectivity index (χ0) is 16.3. The van der Waals surface area contributed by atoms with Crippen LogP contribution in [0.4, 0.5) is 0 Å². The Bertz CT molecular complexity index is 1240. The average Bonchev–Trinajstić information content (AvgIpc) is 3.00. The maximum atomic E-state index is 9.74. The minimum Gasteiger partial charge on any atom is -0.456 e. The molecule has 5 rings (SSSR count). The largest absolute Gasteiger partial charge is 0.489 e. The fraction of sp³-hybridized carbons (Fsp3) is 0. The van der Waals surface area contributed by atoms with Gasteiger partial charge in [-0.25, -0.2) is 0 Å². The van der Waals surface area contributed by atoms with Crippen molar-refractivity contribution < 1.29 is 14.5 Å². The Kier molecular flexibility index (Phi) is 2.74. The first kappa shape index (κ1) is 13.6. The second kappa shape index (κ2) is 4.84. The molecule has 1 heterocycles. The van der Waals surface area contributed by atoms with Gasteiger partial charge < -0.3 is 14.5 Å². The molecule has 0 atom stereocenters. The molecule has 0 fully saturated rings. The minimum absolute atomic E-state index is 0.460. The molecule has 24 heavy (non-hydrogen) atoms. The molecular weight excluding hydrogens is 299 g/mol. The lowest BCUT2D eigenvalue weighted by atomic mass is 9.76. The summed E-state index contributed by atoms with van der Waals surface area (Å²) < 4.78 is 6.04. The van der Waals surface area contributed by atoms with Gasteiger partial charge in [0.05, 0.1) is 0 Å². The first-order valence-electron chi connectivity index (χ1n) is 7.86. The summed E-state index contributed by atoms with van der Waals surface area (Å²) in [5.74, 6) is 0. The van der Waals surface area contributed by atoms with Gasteiger partial charge in [0, 0.05) is 10.8 Å². The second-order valence-electron chi connectivity index (χ2n) is 6.02. The Morgan fingerprint density at radius 3 is 2.12 bits per heavy atom. The zero-order valence-electron chi connectivity index (χ0n) is 12.7. The molecule has 0 bridgehead atoms. The number of fused-ring (bicyclic) bond motifs is 7. The maximum Gasteiger partial charge on any atom is 0.489 e. The second-order valence-corrected chi connectivity index (χ2v) is 6.02. The molecule has 0 aliphatic rings. The summed E-state index contributed by atoms with van der Waals surface area (Å²) in [7, 11) is -1.54. The van der Waals surface area contributed by atoms with Crippen molar-refractivity contribution in [3.8, 4) is 0 Å². The Morgan fingerprint density at radius 1 is 0.667 bits per heavy atom. The smallest absolute Gasteiger partial charge is 0.456 e. The summed E-state index contributed by atoms with van der Waals surface area (Å²) in [6, 6.07) is 21.7. The molecule has 0 radical (unpaired) electrons. The molecule has 0 aliphatic heterocycles. The van der Waals surface area contributed by atoms with Gasteiger partial charge in [0.2, 0.25) is 0 Å². The highest BCUT2D eigenvalue weighted by Crippen LogP contribution is 2.38. The quantitative estimate of drug-likeness (QED) is 0.465. The third-order valence-electron chi connectivity index (χ3n) is 4.68. The first-order valence-corrected chi connectivity index (χ1v) is 7.86. The normalized spacial score (nSPS) is 11.8. The van der Waals surface area contributed by atoms with Crippen LogP contribution in [0, 0.1) is 0 Å². The van der Waals surface area contributed by atoms with E-state index in [4.69, 9.17) is 4.42 Å². The van der Waals surface area contributed by atoms with Crippen LogP contribution < -0.4 is 5.46 Å². The van der Waals surface area contributed by atoms with E-state index in [-0.39, 0.29) is 0 Å². The maximum absolute atomic E-state index is 9.74. The Labute approximate surface area is 137 Å². The van der Waals surface area contributed by atoms with Gasteiger partial charge in [-0.2, -0.15) is 0 Å². The Hall–Kier alpha value is -2.82. The summed E-state index contributed by atoms with van der Waals surface area (Å²) >= 11 is 0. The van der Waals surface area contributed by atoms with Crippen molar-refractivity contribution in [2.75, 3.05) is 0 Å². The van der Waals surface area contributed by atoms with Crippen LogP contribution in [-0.2, 0) is 0 Å². The standard InChI is InChI=1S/C20H13BO3/c22-21(23)16-11-18-20(15-8-4-3-7-14(15)16)19-13-6-2-1-5-12(13)9-10-17(19)24-18/h1-11,22-23H. The van der Waals surface area contributed by atoms with Crippen molar-refractivity contribution in [2.24, 2.45) is 0 Å². The number of rotatable bonds is 1. The summed E-state index contributed by atoms with van der Waals surface area (Å²) in [5.41, 5.74) is 1.93. The van der Waals surface area contributed by atoms with E-state index in [0.717, 1.165) is 37.9 Å². The monoisotopic (exact) mass is 312 g/mol. The van der Waals surface area contributed by atoms with Gasteiger partial charge in [-0.05, 0) is 39.1 Å². The molecule has 0 amide bonds. The van der Waals surface area contributed by atoms with Crippen molar-refractivity contribution in [1.82, 2.24) is 0 Å². The van der Waals surface area contributed by atoms with Crippen LogP contribution in [0.3, 0.4) is 0 Å². The third kappa shape index (κ3) is 1.75. The number of furan rings is 1. The lowest BCUT2D eigenvalue weighted by Gasteiger charge is -2.07. The Morgan fingerprint density at radius 2 is 1.33 bits per heavy atom. The van der Waals surface area contributed by atoms with Crippen molar-refractivity contribution in [3.63, 3.8) is 0 Å². The topological polar surface area (TPSA) is 53.6 Å². The van der Waals surface area contributed by atoms with Crippen LogP contribution in [0.15, 0.2) is 71.1 Å². The molecule has 0 aliphatic carbocycles. The predicted molar refractivity (Wildman–Crippen MR) is 98.6 cm³/mol. The molecule has 2 N–H and O–H groups in total. The molecule has 0 spiro atoms. The van der Waals surface area contributed by atoms with Crippen molar-refractivity contribution in [1.29, 1.82) is 0 Å². The van der Waals surface area contributed by atoms with Crippen LogP contribution in [0.25, 0.3) is 43.5 Å². The van der Waals surface area contributed by atoms with Crippen LogP contribution in [-0.4, -0.2) is 17.2 Å². The van der Waals surface area contributed by atoms with Crippen molar-refractivity contribution >= 4 is 56.1 Å². The van der Waals surface area contributed by atoms with Gasteiger partial charge in [-0.3, -0.25) is 0 Å². The van der Waals surface area contributed by atoms with E-state index in [1.807, 2.05) is 48.5 Å². The average molecular weight is 312 g/mol. The number of hydrogen-bond acceptors (Lipinski definition) is 3. The summed E-state index contributed by atoms with van der Waals surface area (Å²) in [6.45, 7) is 0. The van der Waals surface area contributed by atoms with E-state index in [1.165, 1.54) is 0 Å². The molecule has 1 aromatic heterocycles. The SMILES string of the molecule is OB(O)c1cc2oc3ccc4ccccc4c3c2c2ccccc12. The molecule has 114 valence electrons. The van der Waals surface area contributed by atoms with E-state index in [9.17, 15) is 10.0 Å². The van der Waals surface area contributed by atoms with Crippen LogP contribution in [0.5, 0.6) is 0 Å². The van der Waals surface area contributed by atoms with Gasteiger partial charge in [0.15, 0.2) is 0 Å². The molecule has 0 saturated carbocycles. The summed E-state index contributed by atoms with van der Waals surface area (Å²) in [4.78, 5) is 0. The van der Waals surface area contributed by atoms with E-state index in [2.05, 4.69) is 12.1 Å². The fourth-order valence-electron chi connectivity index (χ4n) is 3.64. The van der Waals surface area contributed by atoms with Crippen LogP contribution >= 0.6 is 0 Å². The van der Waals surface area contributed by atoms with E-state index < -0.39 is 7.12 Å². The van der Waals surface area contributed by atoms with Gasteiger partial charge >= 0.3 is 7.12 Å². The van der Waals surface area contributed by atoms with Crippen LogP contribution in [0.2, 0.25) is 0 Å². The highest BCUT2D eigenvalue weighted by molar-refractivity contribution is 6.62. The van der Waals surface area contributed by atoms with Gasteiger partial charge in [0.25, 0.3) is 0 Å². The van der Waals surface area contributed by atoms with Gasteiger partial charge in [-0.15, -0.1) is 0 Å². The van der Waals surface area contributed by atoms with E-state index >= 15 is 0 Å². The van der Waals surface area contributed by atoms with Crippen molar-refractivity contribution in [3.05, 3.63) is 66.7 Å². The van der Waals surface area contributed by atoms with Gasteiger partial charge in [0.1, 0.15) is 11.2 Å². The number of hydrogen-bond donors (Lipinski definition) is 2. The highest BCUT2D eigenvalue weighted by atomic mass is 16.4. The summed E-state index contributed by atoms with van der Waals surface area (Å²) in [5, 5.41) is 25.7. The molecule has 0 unspecified atom stereocenters. The predicted octanol–water partition coefficient (Wildman–Crippen LogP) is 3.57. The molecule has 4 aromatic carbocycles. The fourth-order valence-corrected chi connectivity index (χ4v) is 3.64. The minimum atomic E-state index is -1.54. The number of benzene rings is 4. The molecular formula is C20H13BO3. The van der Waals surface area contributed by atoms with Crippen molar-refractivity contribution in [2.45, 2.75) is 0 Å². The third-order valence-corrected chi connectivity index (χ3v) is 4.68. The van der Waals surface area contributed by atoms with E-state index in [1.54, 1.807) is 6.07 Å². The Balaban J connectivity index is 2.11.